The first-order valence-electron chi connectivity index (χ1n) is 9.89. The van der Waals surface area contributed by atoms with E-state index in [0.29, 0.717) is 13.2 Å². The van der Waals surface area contributed by atoms with Gasteiger partial charge in [0, 0.05) is 22.2 Å². The van der Waals surface area contributed by atoms with E-state index in [9.17, 15) is 10.4 Å². The second kappa shape index (κ2) is 7.30. The molecule has 2 aliphatic rings. The molecule has 6 heteroatoms. The third-order valence-corrected chi connectivity index (χ3v) is 5.99. The van der Waals surface area contributed by atoms with Crippen LogP contribution in [-0.4, -0.2) is 68.1 Å². The number of hydrogen-bond acceptors (Lipinski definition) is 6. The van der Waals surface area contributed by atoms with Gasteiger partial charge in [-0.3, -0.25) is 0 Å². The molecule has 0 spiro atoms. The third kappa shape index (κ3) is 4.78. The molecule has 2 aliphatic heterocycles. The van der Waals surface area contributed by atoms with E-state index in [1.807, 2.05) is 55.4 Å². The predicted octanol–water partition coefficient (Wildman–Crippen LogP) is 3.84. The molecule has 26 heavy (non-hydrogen) atoms. The Balaban J connectivity index is 1.80. The minimum Gasteiger partial charge on any atom is -0.376 e. The molecule has 0 aromatic heterocycles. The van der Waals surface area contributed by atoms with Gasteiger partial charge >= 0.3 is 0 Å². The van der Waals surface area contributed by atoms with Crippen molar-refractivity contribution in [3.63, 3.8) is 0 Å². The zero-order chi connectivity index (χ0) is 20.0. The fourth-order valence-electron chi connectivity index (χ4n) is 5.02. The average molecular weight is 373 g/mol. The quantitative estimate of drug-likeness (QED) is 0.715. The Morgan fingerprint density at radius 2 is 0.846 bits per heavy atom. The number of hydrogen-bond donors (Lipinski definition) is 2. The van der Waals surface area contributed by atoms with Gasteiger partial charge < -0.3 is 19.9 Å². The smallest absolute Gasteiger partial charge is 0.0704 e. The summed E-state index contributed by atoms with van der Waals surface area (Å²) in [5.74, 6) is 0. The highest BCUT2D eigenvalue weighted by molar-refractivity contribution is 4.97. The zero-order valence-electron chi connectivity index (χ0n) is 18.0. The van der Waals surface area contributed by atoms with E-state index >= 15 is 0 Å². The van der Waals surface area contributed by atoms with Gasteiger partial charge in [0.25, 0.3) is 0 Å². The van der Waals surface area contributed by atoms with Gasteiger partial charge in [-0.15, -0.1) is 0 Å². The van der Waals surface area contributed by atoms with Crippen molar-refractivity contribution in [1.82, 2.24) is 10.1 Å². The van der Waals surface area contributed by atoms with Crippen molar-refractivity contribution in [3.05, 3.63) is 0 Å². The number of nitrogens with zero attached hydrogens (tertiary/aromatic N) is 2. The van der Waals surface area contributed by atoms with Gasteiger partial charge in [-0.1, -0.05) is 0 Å². The molecule has 2 heterocycles. The summed E-state index contributed by atoms with van der Waals surface area (Å²) in [6.45, 7) is 17.5. The maximum atomic E-state index is 10.4. The van der Waals surface area contributed by atoms with E-state index in [1.165, 1.54) is 10.1 Å². The highest BCUT2D eigenvalue weighted by Gasteiger charge is 2.46. The van der Waals surface area contributed by atoms with E-state index in [0.717, 1.165) is 25.7 Å². The Hall–Kier alpha value is -0.240. The van der Waals surface area contributed by atoms with E-state index in [4.69, 9.17) is 9.47 Å². The summed E-state index contributed by atoms with van der Waals surface area (Å²) in [4.78, 5) is 0. The predicted molar refractivity (Wildman–Crippen MR) is 102 cm³/mol. The molecule has 2 N–H and O–H groups in total. The molecule has 0 aromatic rings. The lowest BCUT2D eigenvalue weighted by Gasteiger charge is -2.51. The molecule has 0 atom stereocenters. The zero-order valence-corrected chi connectivity index (χ0v) is 18.0. The second-order valence-corrected chi connectivity index (χ2v) is 10.7. The van der Waals surface area contributed by atoms with Crippen LogP contribution in [0.15, 0.2) is 0 Å². The fraction of sp³-hybridized carbons (Fsp3) is 1.00. The van der Waals surface area contributed by atoms with Crippen LogP contribution in [0.1, 0.15) is 81.1 Å². The first-order chi connectivity index (χ1) is 11.7. The normalized spacial score (nSPS) is 29.8. The summed E-state index contributed by atoms with van der Waals surface area (Å²) in [7, 11) is 0. The Bertz CT molecular complexity index is 410. The van der Waals surface area contributed by atoms with Crippen LogP contribution in [0.2, 0.25) is 0 Å². The molecular weight excluding hydrogens is 332 g/mol. The lowest BCUT2D eigenvalue weighted by molar-refractivity contribution is -0.266. The Kier molecular flexibility index (Phi) is 6.19. The molecule has 0 bridgehead atoms. The van der Waals surface area contributed by atoms with Crippen molar-refractivity contribution in [2.75, 3.05) is 13.2 Å². The van der Waals surface area contributed by atoms with Crippen LogP contribution in [0.5, 0.6) is 0 Å². The van der Waals surface area contributed by atoms with Gasteiger partial charge in [0.05, 0.1) is 25.4 Å². The van der Waals surface area contributed by atoms with Crippen LogP contribution in [-0.2, 0) is 9.47 Å². The summed E-state index contributed by atoms with van der Waals surface area (Å²) < 4.78 is 12.2. The van der Waals surface area contributed by atoms with Crippen LogP contribution in [0.4, 0.5) is 0 Å². The van der Waals surface area contributed by atoms with Gasteiger partial charge in [0.15, 0.2) is 0 Å². The fourth-order valence-corrected chi connectivity index (χ4v) is 5.02. The first kappa shape index (κ1) is 22.1. The number of rotatable bonds is 5. The summed E-state index contributed by atoms with van der Waals surface area (Å²) in [5, 5.41) is 23.7. The number of ether oxygens (including phenoxy) is 2. The molecular formula is C20H40N2O4. The maximum absolute atomic E-state index is 10.4. The SMILES string of the molecule is CC1(C)CC(OCCOC2CC(C)(C)N(O)C(C)(C)C2)CC(C)(C)N1O. The van der Waals surface area contributed by atoms with E-state index < -0.39 is 0 Å². The molecule has 0 radical (unpaired) electrons. The molecule has 0 unspecified atom stereocenters. The average Bonchev–Trinajstić information content (AvgIpc) is 2.45. The standard InChI is InChI=1S/C20H40N2O4/c1-17(2)11-15(12-18(3,4)21(17)23)25-9-10-26-16-13-19(5,6)22(24)20(7,8)14-16/h15-16,23-24H,9-14H2,1-8H3. The molecule has 0 saturated carbocycles. The molecule has 2 rings (SSSR count). The van der Waals surface area contributed by atoms with Crippen LogP contribution >= 0.6 is 0 Å². The molecule has 2 saturated heterocycles. The Labute approximate surface area is 159 Å². The summed E-state index contributed by atoms with van der Waals surface area (Å²) >= 11 is 0. The van der Waals surface area contributed by atoms with E-state index in [-0.39, 0.29) is 34.4 Å². The highest BCUT2D eigenvalue weighted by Crippen LogP contribution is 2.39. The first-order valence-corrected chi connectivity index (χ1v) is 9.89. The van der Waals surface area contributed by atoms with Crippen molar-refractivity contribution in [2.24, 2.45) is 0 Å². The third-order valence-electron chi connectivity index (χ3n) is 5.99. The van der Waals surface area contributed by atoms with Crippen LogP contribution in [0.3, 0.4) is 0 Å². The molecule has 154 valence electrons. The lowest BCUT2D eigenvalue weighted by Crippen LogP contribution is -2.61. The monoisotopic (exact) mass is 372 g/mol. The van der Waals surface area contributed by atoms with Crippen LogP contribution < -0.4 is 0 Å². The van der Waals surface area contributed by atoms with E-state index in [2.05, 4.69) is 0 Å². The van der Waals surface area contributed by atoms with Crippen LogP contribution in [0.25, 0.3) is 0 Å². The molecule has 0 aromatic carbocycles. The summed E-state index contributed by atoms with van der Waals surface area (Å²) in [6.07, 6.45) is 3.45. The molecule has 0 amide bonds. The number of hydroxylamine groups is 4. The van der Waals surface area contributed by atoms with Crippen molar-refractivity contribution in [1.29, 1.82) is 0 Å². The largest absolute Gasteiger partial charge is 0.376 e. The maximum Gasteiger partial charge on any atom is 0.0704 e. The van der Waals surface area contributed by atoms with Gasteiger partial charge in [-0.25, -0.2) is 0 Å². The van der Waals surface area contributed by atoms with Crippen molar-refractivity contribution in [3.8, 4) is 0 Å². The Morgan fingerprint density at radius 1 is 0.615 bits per heavy atom. The van der Waals surface area contributed by atoms with Crippen molar-refractivity contribution < 1.29 is 19.9 Å². The summed E-state index contributed by atoms with van der Waals surface area (Å²) in [5.41, 5.74) is -1.19. The highest BCUT2D eigenvalue weighted by atomic mass is 16.5. The lowest BCUT2D eigenvalue weighted by atomic mass is 9.80. The summed E-state index contributed by atoms with van der Waals surface area (Å²) in [6, 6.07) is 0. The minimum atomic E-state index is -0.296. The van der Waals surface area contributed by atoms with Gasteiger partial charge in [-0.05, 0) is 81.1 Å². The minimum absolute atomic E-state index is 0.124. The Morgan fingerprint density at radius 3 is 1.08 bits per heavy atom. The van der Waals surface area contributed by atoms with Crippen molar-refractivity contribution in [2.45, 2.75) is 115 Å². The van der Waals surface area contributed by atoms with Gasteiger partial charge in [-0.2, -0.15) is 10.1 Å². The van der Waals surface area contributed by atoms with Gasteiger partial charge in [0.2, 0.25) is 0 Å². The van der Waals surface area contributed by atoms with E-state index in [1.54, 1.807) is 0 Å². The molecule has 2 fully saturated rings. The molecule has 6 nitrogen and oxygen atoms in total. The second-order valence-electron chi connectivity index (χ2n) is 10.7. The van der Waals surface area contributed by atoms with Gasteiger partial charge in [0.1, 0.15) is 0 Å². The van der Waals surface area contributed by atoms with Crippen molar-refractivity contribution >= 4 is 0 Å². The topological polar surface area (TPSA) is 65.4 Å². The molecule has 0 aliphatic carbocycles. The number of piperidine rings is 2. The van der Waals surface area contributed by atoms with Crippen LogP contribution in [0, 0.1) is 0 Å².